The molecule has 0 radical (unpaired) electrons. The maximum Gasteiger partial charge on any atom is 0.344 e. The Kier molecular flexibility index (Phi) is 6.15. The molecule has 6 heteroatoms. The van der Waals surface area contributed by atoms with E-state index in [0.717, 1.165) is 0 Å². The molecule has 0 heterocycles. The SMILES string of the molecule is CCNC(=O)[C@@H](C)OC(=O)COc1cccc(Cl)c1. The smallest absolute Gasteiger partial charge is 0.344 e. The monoisotopic (exact) mass is 285 g/mol. The lowest BCUT2D eigenvalue weighted by atomic mass is 10.3. The summed E-state index contributed by atoms with van der Waals surface area (Å²) in [4.78, 5) is 22.8. The summed E-state index contributed by atoms with van der Waals surface area (Å²) >= 11 is 5.77. The Balaban J connectivity index is 2.37. The Bertz CT molecular complexity index is 450. The van der Waals surface area contributed by atoms with Gasteiger partial charge in [0.1, 0.15) is 5.75 Å². The third kappa shape index (κ3) is 5.61. The lowest BCUT2D eigenvalue weighted by molar-refractivity contribution is -0.156. The van der Waals surface area contributed by atoms with Gasteiger partial charge < -0.3 is 14.8 Å². The molecule has 0 saturated heterocycles. The minimum absolute atomic E-state index is 0.274. The Morgan fingerprint density at radius 1 is 1.42 bits per heavy atom. The highest BCUT2D eigenvalue weighted by molar-refractivity contribution is 6.30. The minimum atomic E-state index is -0.838. The lowest BCUT2D eigenvalue weighted by Gasteiger charge is -2.13. The Morgan fingerprint density at radius 3 is 2.79 bits per heavy atom. The van der Waals surface area contributed by atoms with Crippen LogP contribution in [-0.2, 0) is 14.3 Å². The van der Waals surface area contributed by atoms with Gasteiger partial charge in [0.25, 0.3) is 5.91 Å². The molecule has 1 rings (SSSR count). The summed E-state index contributed by atoms with van der Waals surface area (Å²) in [7, 11) is 0. The van der Waals surface area contributed by atoms with Crippen LogP contribution in [0.4, 0.5) is 0 Å². The van der Waals surface area contributed by atoms with E-state index in [1.54, 1.807) is 31.2 Å². The number of carbonyl (C=O) groups is 2. The topological polar surface area (TPSA) is 64.6 Å². The van der Waals surface area contributed by atoms with Gasteiger partial charge >= 0.3 is 5.97 Å². The van der Waals surface area contributed by atoms with Crippen molar-refractivity contribution < 1.29 is 19.1 Å². The predicted octanol–water partition coefficient (Wildman–Crippen LogP) is 1.79. The zero-order valence-corrected chi connectivity index (χ0v) is 11.6. The fourth-order valence-electron chi connectivity index (χ4n) is 1.30. The molecule has 0 aromatic heterocycles. The standard InChI is InChI=1S/C13H16ClNO4/c1-3-15-13(17)9(2)19-12(16)8-18-11-6-4-5-10(14)7-11/h4-7,9H,3,8H2,1-2H3,(H,15,17)/t9-/m1/s1. The lowest BCUT2D eigenvalue weighted by Crippen LogP contribution is -2.36. The van der Waals surface area contributed by atoms with Gasteiger partial charge in [-0.25, -0.2) is 4.79 Å². The molecule has 0 aliphatic rings. The molecule has 0 aliphatic carbocycles. The van der Waals surface area contributed by atoms with Gasteiger partial charge in [0.2, 0.25) is 0 Å². The summed E-state index contributed by atoms with van der Waals surface area (Å²) in [5.41, 5.74) is 0. The van der Waals surface area contributed by atoms with E-state index in [9.17, 15) is 9.59 Å². The molecule has 1 aromatic rings. The molecular formula is C13H16ClNO4. The number of rotatable bonds is 6. The number of esters is 1. The number of nitrogens with one attached hydrogen (secondary N) is 1. The van der Waals surface area contributed by atoms with E-state index in [1.165, 1.54) is 6.92 Å². The molecular weight excluding hydrogens is 270 g/mol. The largest absolute Gasteiger partial charge is 0.482 e. The molecule has 0 saturated carbocycles. The predicted molar refractivity (Wildman–Crippen MR) is 71.2 cm³/mol. The summed E-state index contributed by atoms with van der Waals surface area (Å²) in [6, 6.07) is 6.67. The van der Waals surface area contributed by atoms with Crippen LogP contribution in [0.15, 0.2) is 24.3 Å². The first-order chi connectivity index (χ1) is 9.02. The number of ether oxygens (including phenoxy) is 2. The number of carbonyl (C=O) groups excluding carboxylic acids is 2. The summed E-state index contributed by atoms with van der Waals surface area (Å²) in [5.74, 6) is -0.479. The maximum atomic E-state index is 11.5. The van der Waals surface area contributed by atoms with Crippen molar-refractivity contribution in [2.75, 3.05) is 13.2 Å². The first-order valence-electron chi connectivity index (χ1n) is 5.88. The van der Waals surface area contributed by atoms with Gasteiger partial charge in [-0.2, -0.15) is 0 Å². The first kappa shape index (κ1) is 15.3. The average molecular weight is 286 g/mol. The number of amides is 1. The second kappa shape index (κ2) is 7.63. The fourth-order valence-corrected chi connectivity index (χ4v) is 1.48. The number of hydrogen-bond acceptors (Lipinski definition) is 4. The highest BCUT2D eigenvalue weighted by atomic mass is 35.5. The van der Waals surface area contributed by atoms with Crippen molar-refractivity contribution in [3.63, 3.8) is 0 Å². The Labute approximate surface area is 116 Å². The van der Waals surface area contributed by atoms with E-state index >= 15 is 0 Å². The third-order valence-corrected chi connectivity index (χ3v) is 2.42. The normalized spacial score (nSPS) is 11.5. The van der Waals surface area contributed by atoms with Crippen LogP contribution in [0.1, 0.15) is 13.8 Å². The molecule has 0 fully saturated rings. The van der Waals surface area contributed by atoms with Crippen LogP contribution < -0.4 is 10.1 Å². The van der Waals surface area contributed by atoms with E-state index in [1.807, 2.05) is 0 Å². The minimum Gasteiger partial charge on any atom is -0.482 e. The summed E-state index contributed by atoms with van der Waals surface area (Å²) in [6.07, 6.45) is -0.838. The molecule has 19 heavy (non-hydrogen) atoms. The quantitative estimate of drug-likeness (QED) is 0.809. The molecule has 5 nitrogen and oxygen atoms in total. The van der Waals surface area contributed by atoms with Gasteiger partial charge in [0, 0.05) is 11.6 Å². The summed E-state index contributed by atoms with van der Waals surface area (Å²) in [5, 5.41) is 3.07. The van der Waals surface area contributed by atoms with Gasteiger partial charge in [0.05, 0.1) is 0 Å². The summed E-state index contributed by atoms with van der Waals surface area (Å²) < 4.78 is 10.1. The molecule has 1 aromatic carbocycles. The van der Waals surface area contributed by atoms with Crippen molar-refractivity contribution in [2.45, 2.75) is 20.0 Å². The van der Waals surface area contributed by atoms with Gasteiger partial charge in [-0.1, -0.05) is 17.7 Å². The van der Waals surface area contributed by atoms with Crippen molar-refractivity contribution in [3.8, 4) is 5.75 Å². The molecule has 0 aliphatic heterocycles. The van der Waals surface area contributed by atoms with Crippen LogP contribution in [0, 0.1) is 0 Å². The van der Waals surface area contributed by atoms with Crippen molar-refractivity contribution in [2.24, 2.45) is 0 Å². The zero-order chi connectivity index (χ0) is 14.3. The van der Waals surface area contributed by atoms with E-state index < -0.39 is 12.1 Å². The van der Waals surface area contributed by atoms with Gasteiger partial charge in [-0.15, -0.1) is 0 Å². The summed E-state index contributed by atoms with van der Waals surface area (Å²) in [6.45, 7) is 3.50. The van der Waals surface area contributed by atoms with Crippen molar-refractivity contribution in [3.05, 3.63) is 29.3 Å². The highest BCUT2D eigenvalue weighted by Gasteiger charge is 2.17. The van der Waals surface area contributed by atoms with E-state index in [4.69, 9.17) is 21.1 Å². The van der Waals surface area contributed by atoms with Crippen LogP contribution in [0.2, 0.25) is 5.02 Å². The molecule has 1 amide bonds. The second-order valence-electron chi connectivity index (χ2n) is 3.77. The molecule has 0 unspecified atom stereocenters. The third-order valence-electron chi connectivity index (χ3n) is 2.18. The van der Waals surface area contributed by atoms with Crippen molar-refractivity contribution in [1.82, 2.24) is 5.32 Å². The molecule has 0 bridgehead atoms. The Hall–Kier alpha value is -1.75. The van der Waals surface area contributed by atoms with E-state index in [2.05, 4.69) is 5.32 Å². The first-order valence-corrected chi connectivity index (χ1v) is 6.26. The highest BCUT2D eigenvalue weighted by Crippen LogP contribution is 2.16. The number of halogens is 1. The van der Waals surface area contributed by atoms with Crippen LogP contribution in [0.25, 0.3) is 0 Å². The molecule has 104 valence electrons. The fraction of sp³-hybridized carbons (Fsp3) is 0.385. The number of hydrogen-bond donors (Lipinski definition) is 1. The average Bonchev–Trinajstić information content (AvgIpc) is 2.36. The number of benzene rings is 1. The number of likely N-dealkylation sites (N-methyl/N-ethyl adjacent to an activating group) is 1. The molecule has 1 N–H and O–H groups in total. The molecule has 0 spiro atoms. The Morgan fingerprint density at radius 2 is 2.16 bits per heavy atom. The molecule has 1 atom stereocenters. The van der Waals surface area contributed by atoms with Crippen LogP contribution in [0.3, 0.4) is 0 Å². The van der Waals surface area contributed by atoms with Crippen molar-refractivity contribution >= 4 is 23.5 Å². The van der Waals surface area contributed by atoms with Crippen molar-refractivity contribution in [1.29, 1.82) is 0 Å². The van der Waals surface area contributed by atoms with Gasteiger partial charge in [-0.05, 0) is 32.0 Å². The maximum absolute atomic E-state index is 11.5. The van der Waals surface area contributed by atoms with Crippen LogP contribution in [-0.4, -0.2) is 31.1 Å². The van der Waals surface area contributed by atoms with Gasteiger partial charge in [0.15, 0.2) is 12.7 Å². The van der Waals surface area contributed by atoms with E-state index in [0.29, 0.717) is 17.3 Å². The van der Waals surface area contributed by atoms with Crippen LogP contribution in [0.5, 0.6) is 5.75 Å². The van der Waals surface area contributed by atoms with E-state index in [-0.39, 0.29) is 12.5 Å². The second-order valence-corrected chi connectivity index (χ2v) is 4.21. The van der Waals surface area contributed by atoms with Crippen LogP contribution >= 0.6 is 11.6 Å². The van der Waals surface area contributed by atoms with Gasteiger partial charge in [-0.3, -0.25) is 4.79 Å². The zero-order valence-electron chi connectivity index (χ0n) is 10.8.